The van der Waals surface area contributed by atoms with Crippen LogP contribution in [-0.4, -0.2) is 0 Å². The topological polar surface area (TPSA) is 11.6 Å². The van der Waals surface area contributed by atoms with Crippen molar-refractivity contribution in [2.24, 2.45) is 21.1 Å². The maximum atomic E-state index is 2.08. The summed E-state index contributed by atoms with van der Waals surface area (Å²) >= 11 is 0. The molecular formula is C21H30N3+3. The lowest BCUT2D eigenvalue weighted by Crippen LogP contribution is -2.30. The molecule has 0 saturated carbocycles. The van der Waals surface area contributed by atoms with Crippen LogP contribution in [0.4, 0.5) is 0 Å². The fraction of sp³-hybridized carbons (Fsp3) is 0.286. The summed E-state index contributed by atoms with van der Waals surface area (Å²) in [5.74, 6) is 0. The Bertz CT molecular complexity index is 675. The molecule has 3 rings (SSSR count). The maximum Gasteiger partial charge on any atom is 0.177 e. The molecule has 0 amide bonds. The Hall–Kier alpha value is -2.55. The van der Waals surface area contributed by atoms with E-state index < -0.39 is 0 Å². The second-order valence-corrected chi connectivity index (χ2v) is 6.04. The van der Waals surface area contributed by atoms with Crippen molar-refractivity contribution in [3.8, 4) is 0 Å². The van der Waals surface area contributed by atoms with E-state index in [-0.39, 0.29) is 0 Å². The molecule has 3 aromatic heterocycles. The Labute approximate surface area is 146 Å². The van der Waals surface area contributed by atoms with Gasteiger partial charge in [-0.2, -0.15) is 0 Å². The fourth-order valence-electron chi connectivity index (χ4n) is 1.92. The Kier molecular flexibility index (Phi) is 8.34. The number of aromatic nitrogens is 3. The lowest BCUT2D eigenvalue weighted by Gasteiger charge is -1.87. The first-order valence-electron chi connectivity index (χ1n) is 8.13. The fourth-order valence-corrected chi connectivity index (χ4v) is 1.92. The van der Waals surface area contributed by atoms with Crippen LogP contribution in [0.5, 0.6) is 0 Å². The van der Waals surface area contributed by atoms with Gasteiger partial charge in [-0.15, -0.1) is 0 Å². The highest BCUT2D eigenvalue weighted by Gasteiger charge is 1.91. The van der Waals surface area contributed by atoms with Crippen molar-refractivity contribution in [1.82, 2.24) is 0 Å². The van der Waals surface area contributed by atoms with Crippen molar-refractivity contribution < 1.29 is 13.7 Å². The third-order valence-corrected chi connectivity index (χ3v) is 3.55. The quantitative estimate of drug-likeness (QED) is 0.563. The van der Waals surface area contributed by atoms with Gasteiger partial charge in [0.25, 0.3) is 0 Å². The van der Waals surface area contributed by atoms with Crippen molar-refractivity contribution in [1.29, 1.82) is 0 Å². The summed E-state index contributed by atoms with van der Waals surface area (Å²) in [4.78, 5) is 0. The van der Waals surface area contributed by atoms with Crippen LogP contribution in [-0.2, 0) is 21.1 Å². The average Bonchev–Trinajstić information content (AvgIpc) is 2.54. The van der Waals surface area contributed by atoms with Gasteiger partial charge in [0.2, 0.25) is 0 Å². The van der Waals surface area contributed by atoms with Crippen LogP contribution in [0, 0.1) is 20.8 Å². The molecule has 0 spiro atoms. The molecule has 3 aromatic rings. The monoisotopic (exact) mass is 324 g/mol. The smallest absolute Gasteiger partial charge is 0.177 e. The van der Waals surface area contributed by atoms with Crippen LogP contribution >= 0.6 is 0 Å². The van der Waals surface area contributed by atoms with Gasteiger partial charge in [0.1, 0.15) is 21.1 Å². The molecule has 0 fully saturated rings. The van der Waals surface area contributed by atoms with Crippen molar-refractivity contribution in [3.05, 3.63) is 90.3 Å². The van der Waals surface area contributed by atoms with Crippen molar-refractivity contribution in [3.63, 3.8) is 0 Å². The number of pyridine rings is 3. The van der Waals surface area contributed by atoms with Gasteiger partial charge in [-0.3, -0.25) is 0 Å². The van der Waals surface area contributed by atoms with Crippen LogP contribution in [0.15, 0.2) is 73.4 Å². The molecule has 0 aliphatic rings. The molecule has 0 atom stereocenters. The van der Waals surface area contributed by atoms with Crippen molar-refractivity contribution in [2.45, 2.75) is 20.8 Å². The van der Waals surface area contributed by atoms with Gasteiger partial charge in [-0.05, 0) is 25.5 Å². The summed E-state index contributed by atoms with van der Waals surface area (Å²) in [6.45, 7) is 6.25. The number of hydrogen-bond acceptors (Lipinski definition) is 0. The molecule has 0 bridgehead atoms. The van der Waals surface area contributed by atoms with E-state index in [1.165, 1.54) is 16.8 Å². The third-order valence-electron chi connectivity index (χ3n) is 3.55. The van der Waals surface area contributed by atoms with Crippen LogP contribution in [0.3, 0.4) is 0 Å². The first-order valence-corrected chi connectivity index (χ1v) is 8.13. The summed E-state index contributed by atoms with van der Waals surface area (Å²) in [6, 6.07) is 14.4. The second kappa shape index (κ2) is 10.3. The lowest BCUT2D eigenvalue weighted by molar-refractivity contribution is -0.677. The summed E-state index contributed by atoms with van der Waals surface area (Å²) in [6.07, 6.45) is 10.2. The molecule has 0 unspecified atom stereocenters. The molecule has 0 aliphatic heterocycles. The normalized spacial score (nSPS) is 9.25. The van der Waals surface area contributed by atoms with Crippen molar-refractivity contribution in [2.75, 3.05) is 0 Å². The SMILES string of the molecule is Cc1cc[n+](C)cc1.Cc1ccc[n+](C)c1.Cc1cccc[n+]1C. The van der Waals surface area contributed by atoms with Gasteiger partial charge >= 0.3 is 0 Å². The van der Waals surface area contributed by atoms with Crippen LogP contribution in [0.2, 0.25) is 0 Å². The standard InChI is InChI=1S/3C7H10N/c1-7-3-5-8(2)6-4-7;1-7-4-3-5-8(2)6-7;1-7-5-3-4-6-8(7)2/h3*3-6H,1-2H3/q3*+1. The predicted molar refractivity (Wildman–Crippen MR) is 97.1 cm³/mol. The number of hydrogen-bond donors (Lipinski definition) is 0. The molecule has 24 heavy (non-hydrogen) atoms. The van der Waals surface area contributed by atoms with E-state index in [9.17, 15) is 0 Å². The van der Waals surface area contributed by atoms with Crippen LogP contribution < -0.4 is 13.7 Å². The number of rotatable bonds is 0. The van der Waals surface area contributed by atoms with Crippen molar-refractivity contribution >= 4 is 0 Å². The summed E-state index contributed by atoms with van der Waals surface area (Å²) in [5.41, 5.74) is 3.89. The summed E-state index contributed by atoms with van der Waals surface area (Å²) in [7, 11) is 6.07. The highest BCUT2D eigenvalue weighted by molar-refractivity contribution is 5.03. The zero-order valence-corrected chi connectivity index (χ0v) is 15.8. The number of nitrogens with zero attached hydrogens (tertiary/aromatic N) is 3. The van der Waals surface area contributed by atoms with Gasteiger partial charge in [-0.1, -0.05) is 6.07 Å². The molecule has 0 radical (unpaired) electrons. The Morgan fingerprint density at radius 2 is 1.25 bits per heavy atom. The molecule has 0 saturated heterocycles. The lowest BCUT2D eigenvalue weighted by atomic mass is 10.3. The molecule has 3 heterocycles. The van der Waals surface area contributed by atoms with Crippen LogP contribution in [0.25, 0.3) is 0 Å². The Morgan fingerprint density at radius 3 is 1.62 bits per heavy atom. The van der Waals surface area contributed by atoms with Crippen LogP contribution in [0.1, 0.15) is 16.8 Å². The summed E-state index contributed by atoms with van der Waals surface area (Å²) < 4.78 is 6.14. The van der Waals surface area contributed by atoms with Gasteiger partial charge in [-0.25, -0.2) is 13.7 Å². The van der Waals surface area contributed by atoms with Gasteiger partial charge in [0.05, 0.1) is 0 Å². The molecule has 0 aliphatic carbocycles. The highest BCUT2D eigenvalue weighted by Crippen LogP contribution is 1.88. The molecular weight excluding hydrogens is 294 g/mol. The maximum absolute atomic E-state index is 2.08. The largest absolute Gasteiger partial charge is 0.208 e. The predicted octanol–water partition coefficient (Wildman–Crippen LogP) is 2.46. The summed E-state index contributed by atoms with van der Waals surface area (Å²) in [5, 5.41) is 0. The minimum absolute atomic E-state index is 1.28. The third kappa shape index (κ3) is 8.18. The Morgan fingerprint density at radius 1 is 0.583 bits per heavy atom. The second-order valence-electron chi connectivity index (χ2n) is 6.04. The van der Waals surface area contributed by atoms with E-state index in [0.29, 0.717) is 0 Å². The van der Waals surface area contributed by atoms with E-state index in [4.69, 9.17) is 0 Å². The molecule has 3 nitrogen and oxygen atoms in total. The average molecular weight is 324 g/mol. The van der Waals surface area contributed by atoms with Gasteiger partial charge in [0, 0.05) is 42.8 Å². The number of aryl methyl sites for hydroxylation is 6. The van der Waals surface area contributed by atoms with E-state index >= 15 is 0 Å². The first-order chi connectivity index (χ1) is 11.4. The molecule has 126 valence electrons. The van der Waals surface area contributed by atoms with Gasteiger partial charge in [0.15, 0.2) is 36.7 Å². The molecule has 0 aromatic carbocycles. The minimum Gasteiger partial charge on any atom is -0.208 e. The van der Waals surface area contributed by atoms with E-state index in [1.807, 2.05) is 73.3 Å². The highest BCUT2D eigenvalue weighted by atomic mass is 14.9. The van der Waals surface area contributed by atoms with E-state index in [0.717, 1.165) is 0 Å². The first kappa shape index (κ1) is 19.5. The van der Waals surface area contributed by atoms with Gasteiger partial charge < -0.3 is 0 Å². The zero-order valence-electron chi connectivity index (χ0n) is 15.8. The minimum atomic E-state index is 1.28. The molecule has 0 N–H and O–H groups in total. The molecule has 3 heteroatoms. The van der Waals surface area contributed by atoms with E-state index in [2.05, 4.69) is 55.8 Å². The van der Waals surface area contributed by atoms with E-state index in [1.54, 1.807) is 0 Å². The zero-order chi connectivity index (χ0) is 17.9. The Balaban J connectivity index is 0.000000180.